The zero-order valence-electron chi connectivity index (χ0n) is 9.82. The molecule has 0 aliphatic heterocycles. The molecule has 1 fully saturated rings. The Hall–Kier alpha value is -0.340. The molecule has 2 aliphatic carbocycles. The largest absolute Gasteiger partial charge is 0.395 e. The predicted octanol–water partition coefficient (Wildman–Crippen LogP) is 1.81. The summed E-state index contributed by atoms with van der Waals surface area (Å²) in [6, 6.07) is 0.271. The van der Waals surface area contributed by atoms with Gasteiger partial charge in [0.2, 0.25) is 0 Å². The van der Waals surface area contributed by atoms with Crippen molar-refractivity contribution in [2.24, 2.45) is 23.7 Å². The molecule has 0 amide bonds. The molecule has 4 atom stereocenters. The quantitative estimate of drug-likeness (QED) is 0.677. The van der Waals surface area contributed by atoms with Crippen molar-refractivity contribution in [2.75, 3.05) is 13.2 Å². The smallest absolute Gasteiger partial charge is 0.0587 e. The van der Waals surface area contributed by atoms with Crippen LogP contribution in [0.5, 0.6) is 0 Å². The van der Waals surface area contributed by atoms with Crippen LogP contribution in [0.1, 0.15) is 26.7 Å². The van der Waals surface area contributed by atoms with Gasteiger partial charge in [0, 0.05) is 6.04 Å². The maximum absolute atomic E-state index is 9.23. The van der Waals surface area contributed by atoms with E-state index in [1.54, 1.807) is 0 Å². The molecule has 0 aromatic carbocycles. The van der Waals surface area contributed by atoms with Crippen molar-refractivity contribution in [1.82, 2.24) is 5.32 Å². The summed E-state index contributed by atoms with van der Waals surface area (Å²) in [5.41, 5.74) is 0. The average molecular weight is 209 g/mol. The van der Waals surface area contributed by atoms with E-state index in [4.69, 9.17) is 0 Å². The lowest BCUT2D eigenvalue weighted by Gasteiger charge is -2.25. The van der Waals surface area contributed by atoms with Crippen molar-refractivity contribution in [3.8, 4) is 0 Å². The fourth-order valence-electron chi connectivity index (χ4n) is 2.94. The number of aliphatic hydroxyl groups is 1. The SMILES string of the molecule is CC(C)[C@@H](CO)NCC1CC2C=CC1C2. The van der Waals surface area contributed by atoms with Gasteiger partial charge < -0.3 is 10.4 Å². The maximum atomic E-state index is 9.23. The molecule has 2 rings (SSSR count). The van der Waals surface area contributed by atoms with Gasteiger partial charge in [-0.3, -0.25) is 0 Å². The van der Waals surface area contributed by atoms with Gasteiger partial charge in [0.1, 0.15) is 0 Å². The van der Waals surface area contributed by atoms with E-state index >= 15 is 0 Å². The summed E-state index contributed by atoms with van der Waals surface area (Å²) in [6.45, 7) is 5.66. The highest BCUT2D eigenvalue weighted by molar-refractivity contribution is 5.10. The molecule has 0 radical (unpaired) electrons. The van der Waals surface area contributed by atoms with Crippen molar-refractivity contribution in [2.45, 2.75) is 32.7 Å². The summed E-state index contributed by atoms with van der Waals surface area (Å²) in [5, 5.41) is 12.7. The molecule has 0 saturated heterocycles. The molecular weight excluding hydrogens is 186 g/mol. The van der Waals surface area contributed by atoms with E-state index < -0.39 is 0 Å². The van der Waals surface area contributed by atoms with Gasteiger partial charge in [-0.05, 0) is 43.1 Å². The van der Waals surface area contributed by atoms with Crippen molar-refractivity contribution in [3.63, 3.8) is 0 Å². The third-order valence-corrected chi connectivity index (χ3v) is 4.06. The fraction of sp³-hybridized carbons (Fsp3) is 0.846. The van der Waals surface area contributed by atoms with E-state index in [0.717, 1.165) is 24.3 Å². The van der Waals surface area contributed by atoms with E-state index in [0.29, 0.717) is 5.92 Å². The Morgan fingerprint density at radius 1 is 1.33 bits per heavy atom. The molecule has 0 spiro atoms. The zero-order chi connectivity index (χ0) is 10.8. The molecule has 2 N–H and O–H groups in total. The van der Waals surface area contributed by atoms with Crippen LogP contribution in [0, 0.1) is 23.7 Å². The molecule has 1 saturated carbocycles. The molecule has 3 unspecified atom stereocenters. The van der Waals surface area contributed by atoms with Gasteiger partial charge >= 0.3 is 0 Å². The van der Waals surface area contributed by atoms with Crippen LogP contribution in [0.3, 0.4) is 0 Å². The lowest BCUT2D eigenvalue weighted by molar-refractivity contribution is 0.202. The van der Waals surface area contributed by atoms with E-state index in [9.17, 15) is 5.11 Å². The Balaban J connectivity index is 1.76. The van der Waals surface area contributed by atoms with Crippen molar-refractivity contribution >= 4 is 0 Å². The first kappa shape index (κ1) is 11.2. The monoisotopic (exact) mass is 209 g/mol. The Morgan fingerprint density at radius 3 is 2.60 bits per heavy atom. The van der Waals surface area contributed by atoms with Crippen LogP contribution in [-0.4, -0.2) is 24.3 Å². The summed E-state index contributed by atoms with van der Waals surface area (Å²) >= 11 is 0. The summed E-state index contributed by atoms with van der Waals surface area (Å²) in [6.07, 6.45) is 7.50. The minimum absolute atomic E-state index is 0.258. The second kappa shape index (κ2) is 4.67. The lowest BCUT2D eigenvalue weighted by atomic mass is 9.93. The molecule has 2 aliphatic rings. The fourth-order valence-corrected chi connectivity index (χ4v) is 2.94. The van der Waals surface area contributed by atoms with E-state index in [2.05, 4.69) is 31.3 Å². The number of rotatable bonds is 5. The number of aliphatic hydroxyl groups excluding tert-OH is 1. The van der Waals surface area contributed by atoms with Gasteiger partial charge in [-0.2, -0.15) is 0 Å². The standard InChI is InChI=1S/C13H23NO/c1-9(2)13(8-15)14-7-12-6-10-3-4-11(12)5-10/h3-4,9-15H,5-8H2,1-2H3/t10?,11?,12?,13-/m1/s1. The molecular formula is C13H23NO. The first-order valence-corrected chi connectivity index (χ1v) is 6.23. The van der Waals surface area contributed by atoms with Crippen molar-refractivity contribution < 1.29 is 5.11 Å². The van der Waals surface area contributed by atoms with Gasteiger partial charge in [0.05, 0.1) is 6.61 Å². The Bertz CT molecular complexity index is 237. The van der Waals surface area contributed by atoms with Gasteiger partial charge in [-0.1, -0.05) is 26.0 Å². The first-order chi connectivity index (χ1) is 7.20. The van der Waals surface area contributed by atoms with Gasteiger partial charge in [-0.25, -0.2) is 0 Å². The summed E-state index contributed by atoms with van der Waals surface area (Å²) in [5.74, 6) is 3.00. The molecule has 2 nitrogen and oxygen atoms in total. The Morgan fingerprint density at radius 2 is 2.13 bits per heavy atom. The van der Waals surface area contributed by atoms with Crippen LogP contribution in [0.2, 0.25) is 0 Å². The van der Waals surface area contributed by atoms with E-state index in [1.165, 1.54) is 12.8 Å². The van der Waals surface area contributed by atoms with Crippen LogP contribution in [-0.2, 0) is 0 Å². The molecule has 0 heterocycles. The molecule has 2 heteroatoms. The van der Waals surface area contributed by atoms with Crippen LogP contribution < -0.4 is 5.32 Å². The van der Waals surface area contributed by atoms with Crippen LogP contribution in [0.4, 0.5) is 0 Å². The molecule has 0 aromatic rings. The van der Waals surface area contributed by atoms with Gasteiger partial charge in [0.15, 0.2) is 0 Å². The summed E-state index contributed by atoms with van der Waals surface area (Å²) in [7, 11) is 0. The number of nitrogens with one attached hydrogen (secondary N) is 1. The highest BCUT2D eigenvalue weighted by Gasteiger charge is 2.35. The van der Waals surface area contributed by atoms with E-state index in [-0.39, 0.29) is 12.6 Å². The average Bonchev–Trinajstić information content (AvgIpc) is 2.79. The number of hydrogen-bond acceptors (Lipinski definition) is 2. The normalized spacial score (nSPS) is 35.3. The van der Waals surface area contributed by atoms with Crippen LogP contribution in [0.15, 0.2) is 12.2 Å². The van der Waals surface area contributed by atoms with Gasteiger partial charge in [0.25, 0.3) is 0 Å². The summed E-state index contributed by atoms with van der Waals surface area (Å²) < 4.78 is 0. The minimum Gasteiger partial charge on any atom is -0.395 e. The Kier molecular flexibility index (Phi) is 3.47. The third kappa shape index (κ3) is 2.43. The lowest BCUT2D eigenvalue weighted by Crippen LogP contribution is -2.40. The van der Waals surface area contributed by atoms with Crippen LogP contribution >= 0.6 is 0 Å². The molecule has 15 heavy (non-hydrogen) atoms. The minimum atomic E-state index is 0.258. The highest BCUT2D eigenvalue weighted by Crippen LogP contribution is 2.42. The molecule has 86 valence electrons. The highest BCUT2D eigenvalue weighted by atomic mass is 16.3. The zero-order valence-corrected chi connectivity index (χ0v) is 9.82. The third-order valence-electron chi connectivity index (χ3n) is 4.06. The number of allylic oxidation sites excluding steroid dienone is 2. The summed E-state index contributed by atoms with van der Waals surface area (Å²) in [4.78, 5) is 0. The second-order valence-corrected chi connectivity index (χ2v) is 5.48. The molecule has 2 bridgehead atoms. The van der Waals surface area contributed by atoms with E-state index in [1.807, 2.05) is 0 Å². The number of hydrogen-bond donors (Lipinski definition) is 2. The Labute approximate surface area is 92.8 Å². The first-order valence-electron chi connectivity index (χ1n) is 6.23. The van der Waals surface area contributed by atoms with Crippen molar-refractivity contribution in [1.29, 1.82) is 0 Å². The van der Waals surface area contributed by atoms with Gasteiger partial charge in [-0.15, -0.1) is 0 Å². The van der Waals surface area contributed by atoms with Crippen molar-refractivity contribution in [3.05, 3.63) is 12.2 Å². The number of fused-ring (bicyclic) bond motifs is 2. The second-order valence-electron chi connectivity index (χ2n) is 5.48. The predicted molar refractivity (Wildman–Crippen MR) is 62.6 cm³/mol. The van der Waals surface area contributed by atoms with Crippen LogP contribution in [0.25, 0.3) is 0 Å². The molecule has 0 aromatic heterocycles. The maximum Gasteiger partial charge on any atom is 0.0587 e. The topological polar surface area (TPSA) is 32.3 Å².